The number of aromatic amines is 1. The first-order chi connectivity index (χ1) is 17.1. The molecule has 35 heavy (non-hydrogen) atoms. The SMILES string of the molecule is Cc1cc2[nH]c(=O)c3cnn(C4CCCC4)c3c2cc1C(=O)N1CCC(Oc2ccncc2)CC1. The lowest BCUT2D eigenvalue weighted by atomic mass is 10.0. The molecule has 0 bridgehead atoms. The number of hydrogen-bond acceptors (Lipinski definition) is 5. The third-order valence-electron chi connectivity index (χ3n) is 7.49. The molecule has 0 atom stereocenters. The second kappa shape index (κ2) is 8.83. The van der Waals surface area contributed by atoms with E-state index in [1.165, 1.54) is 12.8 Å². The number of aromatic nitrogens is 4. The average molecular weight is 472 g/mol. The number of nitrogens with one attached hydrogen (secondary N) is 1. The van der Waals surface area contributed by atoms with Crippen LogP contribution in [0.4, 0.5) is 0 Å². The Balaban J connectivity index is 1.30. The van der Waals surface area contributed by atoms with Gasteiger partial charge in [0.25, 0.3) is 11.5 Å². The molecule has 2 fully saturated rings. The van der Waals surface area contributed by atoms with Gasteiger partial charge in [-0.25, -0.2) is 0 Å². The quantitative estimate of drug-likeness (QED) is 0.477. The van der Waals surface area contributed by atoms with Crippen LogP contribution in [0.25, 0.3) is 21.8 Å². The summed E-state index contributed by atoms with van der Waals surface area (Å²) < 4.78 is 8.08. The number of pyridine rings is 2. The number of nitrogens with zero attached hydrogens (tertiary/aromatic N) is 4. The van der Waals surface area contributed by atoms with Gasteiger partial charge in [0.05, 0.1) is 28.7 Å². The lowest BCUT2D eigenvalue weighted by Gasteiger charge is -2.32. The summed E-state index contributed by atoms with van der Waals surface area (Å²) in [5, 5.41) is 6.07. The van der Waals surface area contributed by atoms with Crippen molar-refractivity contribution in [2.24, 2.45) is 0 Å². The van der Waals surface area contributed by atoms with E-state index in [1.54, 1.807) is 18.6 Å². The van der Waals surface area contributed by atoms with Gasteiger partial charge >= 0.3 is 0 Å². The number of rotatable bonds is 4. The largest absolute Gasteiger partial charge is 0.490 e. The molecule has 0 spiro atoms. The van der Waals surface area contributed by atoms with Crippen LogP contribution in [0.3, 0.4) is 0 Å². The number of carbonyl (C=O) groups is 1. The molecule has 1 aromatic carbocycles. The van der Waals surface area contributed by atoms with E-state index in [0.717, 1.165) is 53.4 Å². The van der Waals surface area contributed by atoms with Crippen LogP contribution >= 0.6 is 0 Å². The lowest BCUT2D eigenvalue weighted by molar-refractivity contribution is 0.0595. The van der Waals surface area contributed by atoms with Crippen LogP contribution in [0.2, 0.25) is 0 Å². The minimum Gasteiger partial charge on any atom is -0.490 e. The monoisotopic (exact) mass is 471 g/mol. The highest BCUT2D eigenvalue weighted by molar-refractivity contribution is 6.07. The molecule has 1 saturated carbocycles. The average Bonchev–Trinajstić information content (AvgIpc) is 3.55. The summed E-state index contributed by atoms with van der Waals surface area (Å²) in [7, 11) is 0. The van der Waals surface area contributed by atoms with Crippen LogP contribution in [0.5, 0.6) is 5.75 Å². The highest BCUT2D eigenvalue weighted by atomic mass is 16.5. The molecule has 2 aliphatic rings. The van der Waals surface area contributed by atoms with E-state index in [0.29, 0.717) is 30.1 Å². The van der Waals surface area contributed by atoms with E-state index in [-0.39, 0.29) is 17.6 Å². The molecule has 180 valence electrons. The fraction of sp³-hybridized carbons (Fsp3) is 0.407. The molecule has 8 nitrogen and oxygen atoms in total. The van der Waals surface area contributed by atoms with Gasteiger partial charge in [0.2, 0.25) is 0 Å². The van der Waals surface area contributed by atoms with Crippen LogP contribution in [0.1, 0.15) is 60.5 Å². The van der Waals surface area contributed by atoms with Crippen molar-refractivity contribution in [1.29, 1.82) is 0 Å². The van der Waals surface area contributed by atoms with Crippen LogP contribution in [0.15, 0.2) is 47.7 Å². The first-order valence-corrected chi connectivity index (χ1v) is 12.5. The number of likely N-dealkylation sites (tertiary alicyclic amines) is 1. The van der Waals surface area contributed by atoms with Crippen molar-refractivity contribution in [1.82, 2.24) is 24.6 Å². The Morgan fingerprint density at radius 3 is 2.54 bits per heavy atom. The maximum atomic E-state index is 13.6. The fourth-order valence-electron chi connectivity index (χ4n) is 5.61. The highest BCUT2D eigenvalue weighted by Crippen LogP contribution is 2.34. The molecule has 8 heteroatoms. The molecular weight excluding hydrogens is 442 g/mol. The van der Waals surface area contributed by atoms with Crippen molar-refractivity contribution < 1.29 is 9.53 Å². The number of hydrogen-bond donors (Lipinski definition) is 1. The fourth-order valence-corrected chi connectivity index (χ4v) is 5.61. The maximum Gasteiger partial charge on any atom is 0.259 e. The molecule has 4 aromatic rings. The lowest BCUT2D eigenvalue weighted by Crippen LogP contribution is -2.42. The first kappa shape index (κ1) is 21.8. The topological polar surface area (TPSA) is 93.1 Å². The summed E-state index contributed by atoms with van der Waals surface area (Å²) in [5.41, 5.74) is 3.00. The van der Waals surface area contributed by atoms with Gasteiger partial charge in [-0.15, -0.1) is 0 Å². The Morgan fingerprint density at radius 1 is 1.06 bits per heavy atom. The van der Waals surface area contributed by atoms with E-state index >= 15 is 0 Å². The predicted molar refractivity (Wildman–Crippen MR) is 134 cm³/mol. The van der Waals surface area contributed by atoms with Gasteiger partial charge in [0.15, 0.2) is 0 Å². The second-order valence-corrected chi connectivity index (χ2v) is 9.75. The Labute approximate surface area is 202 Å². The minimum absolute atomic E-state index is 0.0260. The van der Waals surface area contributed by atoms with E-state index in [9.17, 15) is 9.59 Å². The Morgan fingerprint density at radius 2 is 1.80 bits per heavy atom. The van der Waals surface area contributed by atoms with Crippen LogP contribution < -0.4 is 10.3 Å². The van der Waals surface area contributed by atoms with Gasteiger partial charge in [0.1, 0.15) is 11.9 Å². The number of ether oxygens (including phenoxy) is 1. The molecule has 6 rings (SSSR count). The first-order valence-electron chi connectivity index (χ1n) is 12.5. The molecule has 3 aromatic heterocycles. The van der Waals surface area contributed by atoms with Gasteiger partial charge < -0.3 is 14.6 Å². The van der Waals surface area contributed by atoms with E-state index in [1.807, 2.05) is 40.8 Å². The molecule has 1 N–H and O–H groups in total. The zero-order chi connectivity index (χ0) is 23.9. The zero-order valence-electron chi connectivity index (χ0n) is 19.9. The maximum absolute atomic E-state index is 13.6. The van der Waals surface area contributed by atoms with Crippen molar-refractivity contribution in [3.8, 4) is 5.75 Å². The summed E-state index contributed by atoms with van der Waals surface area (Å²) >= 11 is 0. The minimum atomic E-state index is -0.133. The number of aryl methyl sites for hydroxylation is 1. The van der Waals surface area contributed by atoms with Gasteiger partial charge in [-0.1, -0.05) is 12.8 Å². The Kier molecular flexibility index (Phi) is 5.51. The smallest absolute Gasteiger partial charge is 0.259 e. The normalized spacial score (nSPS) is 17.5. The van der Waals surface area contributed by atoms with Crippen LogP contribution in [-0.4, -0.2) is 49.7 Å². The third kappa shape index (κ3) is 3.96. The second-order valence-electron chi connectivity index (χ2n) is 9.75. The number of fused-ring (bicyclic) bond motifs is 3. The van der Waals surface area contributed by atoms with E-state index in [4.69, 9.17) is 4.74 Å². The molecule has 0 radical (unpaired) electrons. The predicted octanol–water partition coefficient (Wildman–Crippen LogP) is 4.38. The summed E-state index contributed by atoms with van der Waals surface area (Å²) in [4.78, 5) is 35.3. The highest BCUT2D eigenvalue weighted by Gasteiger charge is 2.27. The summed E-state index contributed by atoms with van der Waals surface area (Å²) in [5.74, 6) is 0.838. The summed E-state index contributed by atoms with van der Waals surface area (Å²) in [6, 6.07) is 7.90. The zero-order valence-corrected chi connectivity index (χ0v) is 19.9. The van der Waals surface area contributed by atoms with E-state index < -0.39 is 0 Å². The van der Waals surface area contributed by atoms with Crippen molar-refractivity contribution in [3.05, 3.63) is 64.3 Å². The van der Waals surface area contributed by atoms with Crippen molar-refractivity contribution in [3.63, 3.8) is 0 Å². The van der Waals surface area contributed by atoms with Crippen molar-refractivity contribution in [2.45, 2.75) is 57.6 Å². The van der Waals surface area contributed by atoms with Gasteiger partial charge in [-0.05, 0) is 49.6 Å². The molecule has 0 unspecified atom stereocenters. The van der Waals surface area contributed by atoms with Crippen LogP contribution in [-0.2, 0) is 0 Å². The van der Waals surface area contributed by atoms with Crippen molar-refractivity contribution >= 4 is 27.7 Å². The number of amides is 1. The number of H-pyrrole nitrogens is 1. The van der Waals surface area contributed by atoms with Gasteiger partial charge in [-0.3, -0.25) is 19.3 Å². The number of benzene rings is 1. The summed E-state index contributed by atoms with van der Waals surface area (Å²) in [6.45, 7) is 3.23. The summed E-state index contributed by atoms with van der Waals surface area (Å²) in [6.07, 6.45) is 11.3. The third-order valence-corrected chi connectivity index (χ3v) is 7.49. The van der Waals surface area contributed by atoms with Crippen molar-refractivity contribution in [2.75, 3.05) is 13.1 Å². The molecule has 1 aliphatic carbocycles. The molecule has 1 aliphatic heterocycles. The molecule has 4 heterocycles. The Hall–Kier alpha value is -3.68. The van der Waals surface area contributed by atoms with E-state index in [2.05, 4.69) is 15.1 Å². The number of carbonyl (C=O) groups excluding carboxylic acids is 1. The van der Waals surface area contributed by atoms with Crippen LogP contribution in [0, 0.1) is 6.92 Å². The van der Waals surface area contributed by atoms with Gasteiger partial charge in [0, 0.05) is 49.3 Å². The Bertz CT molecular complexity index is 1440. The molecule has 1 amide bonds. The molecular formula is C27H29N5O3. The standard InChI is InChI=1S/C27H29N5O3/c1-17-14-24-22(25-23(26(33)30-24)16-29-32(25)18-4-2-3-5-18)15-21(17)27(34)31-12-8-20(9-13-31)35-19-6-10-28-11-7-19/h6-7,10-11,14-16,18,20H,2-5,8-9,12-13H2,1H3,(H,30,33). The number of piperidine rings is 1. The van der Waals surface area contributed by atoms with Gasteiger partial charge in [-0.2, -0.15) is 5.10 Å². The molecule has 1 saturated heterocycles.